The van der Waals surface area contributed by atoms with Gasteiger partial charge in [0.1, 0.15) is 5.82 Å². The van der Waals surface area contributed by atoms with Crippen LogP contribution < -0.4 is 5.32 Å². The fourth-order valence-electron chi connectivity index (χ4n) is 1.69. The first-order valence-corrected chi connectivity index (χ1v) is 5.59. The van der Waals surface area contributed by atoms with Crippen LogP contribution in [0.15, 0.2) is 30.3 Å². The highest BCUT2D eigenvalue weighted by atomic mass is 16.4. The molecule has 1 aromatic carbocycles. The summed E-state index contributed by atoms with van der Waals surface area (Å²) in [4.78, 5) is 15.4. The maximum Gasteiger partial charge on any atom is 0.336 e. The molecule has 0 saturated carbocycles. The lowest BCUT2D eigenvalue weighted by Gasteiger charge is -2.06. The second-order valence-corrected chi connectivity index (χ2v) is 3.80. The summed E-state index contributed by atoms with van der Waals surface area (Å²) in [7, 11) is 0. The first kappa shape index (κ1) is 11.4. The number of hydrogen-bond acceptors (Lipinski definition) is 3. The lowest BCUT2D eigenvalue weighted by molar-refractivity contribution is 0.0699. The van der Waals surface area contributed by atoms with Crippen LogP contribution in [0.3, 0.4) is 0 Å². The third-order valence-corrected chi connectivity index (χ3v) is 2.52. The van der Waals surface area contributed by atoms with Gasteiger partial charge in [-0.1, -0.05) is 13.0 Å². The molecule has 0 amide bonds. The highest BCUT2D eigenvalue weighted by molar-refractivity contribution is 6.02. The fraction of sp³-hybridized carbons (Fsp3) is 0.231. The maximum atomic E-state index is 11.0. The van der Waals surface area contributed by atoms with E-state index in [1.165, 1.54) is 0 Å². The number of carbonyl (C=O) groups is 1. The Kier molecular flexibility index (Phi) is 3.23. The average Bonchev–Trinajstić information content (AvgIpc) is 2.35. The van der Waals surface area contributed by atoms with Gasteiger partial charge in [-0.15, -0.1) is 0 Å². The molecule has 0 aliphatic carbocycles. The number of nitrogens with zero attached hydrogens (tertiary/aromatic N) is 1. The highest BCUT2D eigenvalue weighted by Crippen LogP contribution is 2.19. The van der Waals surface area contributed by atoms with Crippen molar-refractivity contribution in [3.05, 3.63) is 35.9 Å². The lowest BCUT2D eigenvalue weighted by atomic mass is 10.1. The number of carboxylic acids is 1. The van der Waals surface area contributed by atoms with Gasteiger partial charge in [0.15, 0.2) is 0 Å². The van der Waals surface area contributed by atoms with Crippen molar-refractivity contribution in [2.45, 2.75) is 13.3 Å². The number of nitrogens with one attached hydrogen (secondary N) is 1. The van der Waals surface area contributed by atoms with Crippen molar-refractivity contribution in [3.63, 3.8) is 0 Å². The summed E-state index contributed by atoms with van der Waals surface area (Å²) in [5.41, 5.74) is 0.989. The van der Waals surface area contributed by atoms with E-state index in [-0.39, 0.29) is 5.56 Å². The Morgan fingerprint density at radius 2 is 2.18 bits per heavy atom. The Hall–Kier alpha value is -2.10. The molecule has 88 valence electrons. The number of anilines is 1. The van der Waals surface area contributed by atoms with Gasteiger partial charge in [0.25, 0.3) is 0 Å². The second-order valence-electron chi connectivity index (χ2n) is 3.80. The summed E-state index contributed by atoms with van der Waals surface area (Å²) < 4.78 is 0. The van der Waals surface area contributed by atoms with E-state index in [0.717, 1.165) is 18.8 Å². The zero-order chi connectivity index (χ0) is 12.3. The van der Waals surface area contributed by atoms with Crippen LogP contribution in [0.1, 0.15) is 23.7 Å². The predicted octanol–water partition coefficient (Wildman–Crippen LogP) is 2.75. The molecule has 2 aromatic rings. The van der Waals surface area contributed by atoms with Gasteiger partial charge in [-0.2, -0.15) is 0 Å². The minimum atomic E-state index is -0.924. The number of rotatable bonds is 4. The molecule has 1 aromatic heterocycles. The Morgan fingerprint density at radius 3 is 2.88 bits per heavy atom. The normalized spacial score (nSPS) is 10.4. The van der Waals surface area contributed by atoms with E-state index in [2.05, 4.69) is 17.2 Å². The van der Waals surface area contributed by atoms with Crippen LogP contribution in [0.4, 0.5) is 5.82 Å². The van der Waals surface area contributed by atoms with E-state index in [1.807, 2.05) is 12.1 Å². The van der Waals surface area contributed by atoms with Gasteiger partial charge in [-0.3, -0.25) is 0 Å². The van der Waals surface area contributed by atoms with E-state index in [4.69, 9.17) is 5.11 Å². The standard InChI is InChI=1S/C13H14N2O2/c1-2-8-14-12-7-6-9-10(13(16)17)4-3-5-11(9)15-12/h3-7H,2,8H2,1H3,(H,14,15)(H,16,17). The predicted molar refractivity (Wildman–Crippen MR) is 67.5 cm³/mol. The summed E-state index contributed by atoms with van der Waals surface area (Å²) >= 11 is 0. The van der Waals surface area contributed by atoms with E-state index in [0.29, 0.717) is 10.9 Å². The van der Waals surface area contributed by atoms with Crippen LogP contribution in [0.5, 0.6) is 0 Å². The lowest BCUT2D eigenvalue weighted by Crippen LogP contribution is -2.03. The largest absolute Gasteiger partial charge is 0.478 e. The van der Waals surface area contributed by atoms with Gasteiger partial charge in [0, 0.05) is 11.9 Å². The molecule has 0 atom stereocenters. The number of pyridine rings is 1. The molecule has 17 heavy (non-hydrogen) atoms. The average molecular weight is 230 g/mol. The van der Waals surface area contributed by atoms with Crippen LogP contribution in [0.2, 0.25) is 0 Å². The van der Waals surface area contributed by atoms with Crippen molar-refractivity contribution >= 4 is 22.7 Å². The summed E-state index contributed by atoms with van der Waals surface area (Å²) in [5, 5.41) is 12.9. The quantitative estimate of drug-likeness (QED) is 0.847. The van der Waals surface area contributed by atoms with Crippen molar-refractivity contribution in [1.82, 2.24) is 4.98 Å². The Labute approximate surface area is 99.3 Å². The zero-order valence-electron chi connectivity index (χ0n) is 9.60. The van der Waals surface area contributed by atoms with Gasteiger partial charge < -0.3 is 10.4 Å². The van der Waals surface area contributed by atoms with E-state index < -0.39 is 5.97 Å². The van der Waals surface area contributed by atoms with Crippen molar-refractivity contribution in [3.8, 4) is 0 Å². The first-order chi connectivity index (χ1) is 8.22. The SMILES string of the molecule is CCCNc1ccc2c(C(=O)O)cccc2n1. The zero-order valence-corrected chi connectivity index (χ0v) is 9.60. The molecule has 0 unspecified atom stereocenters. The van der Waals surface area contributed by atoms with Crippen molar-refractivity contribution in [2.24, 2.45) is 0 Å². The Balaban J connectivity index is 2.45. The molecular weight excluding hydrogens is 216 g/mol. The summed E-state index contributed by atoms with van der Waals surface area (Å²) in [5.74, 6) is -0.145. The van der Waals surface area contributed by atoms with Gasteiger partial charge in [0.2, 0.25) is 0 Å². The van der Waals surface area contributed by atoms with Gasteiger partial charge in [-0.25, -0.2) is 9.78 Å². The van der Waals surface area contributed by atoms with Gasteiger partial charge in [-0.05, 0) is 30.7 Å². The summed E-state index contributed by atoms with van der Waals surface area (Å²) in [6.07, 6.45) is 1.02. The molecule has 4 nitrogen and oxygen atoms in total. The topological polar surface area (TPSA) is 62.2 Å². The minimum Gasteiger partial charge on any atom is -0.478 e. The summed E-state index contributed by atoms with van der Waals surface area (Å²) in [6, 6.07) is 8.72. The molecular formula is C13H14N2O2. The third kappa shape index (κ3) is 2.36. The molecule has 2 rings (SSSR count). The van der Waals surface area contributed by atoms with Crippen LogP contribution in [-0.2, 0) is 0 Å². The van der Waals surface area contributed by atoms with Crippen molar-refractivity contribution < 1.29 is 9.90 Å². The van der Waals surface area contributed by atoms with Crippen LogP contribution in [0.25, 0.3) is 10.9 Å². The van der Waals surface area contributed by atoms with E-state index in [1.54, 1.807) is 18.2 Å². The van der Waals surface area contributed by atoms with E-state index >= 15 is 0 Å². The fourth-order valence-corrected chi connectivity index (χ4v) is 1.69. The van der Waals surface area contributed by atoms with Crippen LogP contribution in [-0.4, -0.2) is 22.6 Å². The monoisotopic (exact) mass is 230 g/mol. The molecule has 0 saturated heterocycles. The Morgan fingerprint density at radius 1 is 1.35 bits per heavy atom. The highest BCUT2D eigenvalue weighted by Gasteiger charge is 2.08. The van der Waals surface area contributed by atoms with Crippen molar-refractivity contribution in [2.75, 3.05) is 11.9 Å². The second kappa shape index (κ2) is 4.82. The number of carboxylic acid groups (broad SMARTS) is 1. The summed E-state index contributed by atoms with van der Waals surface area (Å²) in [6.45, 7) is 2.94. The number of benzene rings is 1. The maximum absolute atomic E-state index is 11.0. The molecule has 0 aliphatic heterocycles. The van der Waals surface area contributed by atoms with E-state index in [9.17, 15) is 4.79 Å². The third-order valence-electron chi connectivity index (χ3n) is 2.52. The number of aromatic nitrogens is 1. The molecule has 0 fully saturated rings. The Bertz CT molecular complexity index is 552. The molecule has 0 spiro atoms. The van der Waals surface area contributed by atoms with Crippen LogP contribution in [0, 0.1) is 0 Å². The van der Waals surface area contributed by atoms with Crippen LogP contribution >= 0.6 is 0 Å². The smallest absolute Gasteiger partial charge is 0.336 e. The molecule has 2 N–H and O–H groups in total. The van der Waals surface area contributed by atoms with Gasteiger partial charge in [0.05, 0.1) is 11.1 Å². The number of aromatic carboxylic acids is 1. The van der Waals surface area contributed by atoms with Crippen molar-refractivity contribution in [1.29, 1.82) is 0 Å². The molecule has 0 aliphatic rings. The molecule has 0 bridgehead atoms. The van der Waals surface area contributed by atoms with Gasteiger partial charge >= 0.3 is 5.97 Å². The number of fused-ring (bicyclic) bond motifs is 1. The molecule has 4 heteroatoms. The molecule has 1 heterocycles. The molecule has 0 radical (unpaired) electrons. The number of hydrogen-bond donors (Lipinski definition) is 2. The minimum absolute atomic E-state index is 0.289. The first-order valence-electron chi connectivity index (χ1n) is 5.59.